The van der Waals surface area contributed by atoms with Crippen molar-refractivity contribution >= 4 is 39.1 Å². The van der Waals surface area contributed by atoms with Gasteiger partial charge in [-0.15, -0.1) is 0 Å². The molecule has 1 unspecified atom stereocenters. The van der Waals surface area contributed by atoms with E-state index in [-0.39, 0.29) is 39.1 Å². The number of nitrogens with one attached hydrogen (secondary N) is 1. The van der Waals surface area contributed by atoms with Crippen LogP contribution < -0.4 is 4.72 Å². The van der Waals surface area contributed by atoms with Crippen LogP contribution in [0.15, 0.2) is 53.4 Å². The molecule has 2 saturated heterocycles. The van der Waals surface area contributed by atoms with Crippen molar-refractivity contribution in [3.63, 3.8) is 0 Å². The summed E-state index contributed by atoms with van der Waals surface area (Å²) in [5, 5.41) is 0.277. The molecule has 2 aromatic rings. The summed E-state index contributed by atoms with van der Waals surface area (Å²) in [7, 11) is -3.92. The molecule has 32 heavy (non-hydrogen) atoms. The van der Waals surface area contributed by atoms with Gasteiger partial charge in [0.1, 0.15) is 6.10 Å². The van der Waals surface area contributed by atoms with Gasteiger partial charge in [-0.1, -0.05) is 29.8 Å². The lowest BCUT2D eigenvalue weighted by Crippen LogP contribution is -2.52. The number of carbonyl (C=O) groups excluding carboxylic acids is 2. The Balaban J connectivity index is 1.42. The zero-order valence-electron chi connectivity index (χ0n) is 17.4. The van der Waals surface area contributed by atoms with Crippen LogP contribution in [0.4, 0.5) is 5.69 Å². The van der Waals surface area contributed by atoms with E-state index in [9.17, 15) is 18.0 Å². The first-order valence-electron chi connectivity index (χ1n) is 10.4. The van der Waals surface area contributed by atoms with Gasteiger partial charge in [-0.25, -0.2) is 8.42 Å². The highest BCUT2D eigenvalue weighted by molar-refractivity contribution is 7.92. The predicted molar refractivity (Wildman–Crippen MR) is 120 cm³/mol. The fraction of sp³-hybridized carbons (Fsp3) is 0.364. The molecule has 1 N–H and O–H groups in total. The molecule has 2 aromatic carbocycles. The average Bonchev–Trinajstić information content (AvgIpc) is 3.35. The van der Waals surface area contributed by atoms with Gasteiger partial charge in [-0.2, -0.15) is 0 Å². The molecule has 2 amide bonds. The Hall–Kier alpha value is -2.62. The number of sulfonamides is 1. The molecule has 1 atom stereocenters. The van der Waals surface area contributed by atoms with Gasteiger partial charge in [0.15, 0.2) is 0 Å². The van der Waals surface area contributed by atoms with E-state index >= 15 is 0 Å². The smallest absolute Gasteiger partial charge is 0.261 e. The summed E-state index contributed by atoms with van der Waals surface area (Å²) in [5.41, 5.74) is 0.531. The summed E-state index contributed by atoms with van der Waals surface area (Å²) >= 11 is 6.05. The Labute approximate surface area is 192 Å². The van der Waals surface area contributed by atoms with Crippen molar-refractivity contribution in [2.45, 2.75) is 23.8 Å². The molecule has 2 aliphatic heterocycles. The van der Waals surface area contributed by atoms with Crippen molar-refractivity contribution in [2.24, 2.45) is 0 Å². The van der Waals surface area contributed by atoms with Crippen LogP contribution >= 0.6 is 11.6 Å². The van der Waals surface area contributed by atoms with Crippen LogP contribution in [0.3, 0.4) is 0 Å². The number of anilines is 1. The predicted octanol–water partition coefficient (Wildman–Crippen LogP) is 2.60. The second kappa shape index (κ2) is 9.48. The van der Waals surface area contributed by atoms with E-state index in [1.165, 1.54) is 18.2 Å². The Morgan fingerprint density at radius 2 is 1.72 bits per heavy atom. The molecule has 0 spiro atoms. The van der Waals surface area contributed by atoms with E-state index in [2.05, 4.69) is 4.72 Å². The van der Waals surface area contributed by atoms with Crippen LogP contribution in [0, 0.1) is 0 Å². The summed E-state index contributed by atoms with van der Waals surface area (Å²) in [6, 6.07) is 12.4. The van der Waals surface area contributed by atoms with Gasteiger partial charge in [0.2, 0.25) is 0 Å². The molecule has 2 aliphatic rings. The van der Waals surface area contributed by atoms with Crippen molar-refractivity contribution in [1.82, 2.24) is 9.80 Å². The normalized spacial score (nSPS) is 19.1. The second-order valence-corrected chi connectivity index (χ2v) is 9.82. The molecule has 4 rings (SSSR count). The van der Waals surface area contributed by atoms with Crippen molar-refractivity contribution in [3.05, 3.63) is 59.1 Å². The van der Waals surface area contributed by atoms with Gasteiger partial charge >= 0.3 is 0 Å². The SMILES string of the molecule is O=C(c1cccc(S(=O)(=O)Nc2ccccc2Cl)c1)N1CCN(C(=O)C2CCCO2)CC1. The van der Waals surface area contributed by atoms with Crippen molar-refractivity contribution in [3.8, 4) is 0 Å². The third kappa shape index (κ3) is 4.90. The molecule has 8 nitrogen and oxygen atoms in total. The summed E-state index contributed by atoms with van der Waals surface area (Å²) in [4.78, 5) is 28.8. The van der Waals surface area contributed by atoms with E-state index < -0.39 is 10.0 Å². The molecule has 2 fully saturated rings. The number of hydrogen-bond acceptors (Lipinski definition) is 5. The number of benzene rings is 2. The minimum atomic E-state index is -3.92. The van der Waals surface area contributed by atoms with E-state index in [1.807, 2.05) is 0 Å². The van der Waals surface area contributed by atoms with Crippen LogP contribution in [0.2, 0.25) is 5.02 Å². The number of nitrogens with zero attached hydrogens (tertiary/aromatic N) is 2. The zero-order valence-corrected chi connectivity index (χ0v) is 18.9. The summed E-state index contributed by atoms with van der Waals surface area (Å²) in [6.45, 7) is 2.23. The largest absolute Gasteiger partial charge is 0.368 e. The third-order valence-electron chi connectivity index (χ3n) is 5.59. The maximum Gasteiger partial charge on any atom is 0.261 e. The van der Waals surface area contributed by atoms with Crippen molar-refractivity contribution in [2.75, 3.05) is 37.5 Å². The third-order valence-corrected chi connectivity index (χ3v) is 7.29. The lowest BCUT2D eigenvalue weighted by molar-refractivity contribution is -0.142. The lowest BCUT2D eigenvalue weighted by Gasteiger charge is -2.35. The first-order chi connectivity index (χ1) is 15.3. The zero-order chi connectivity index (χ0) is 22.7. The summed E-state index contributed by atoms with van der Waals surface area (Å²) in [6.07, 6.45) is 1.26. The number of piperazine rings is 1. The minimum absolute atomic E-state index is 0.0201. The molecule has 170 valence electrons. The first kappa shape index (κ1) is 22.6. The van der Waals surface area contributed by atoms with Gasteiger partial charge in [0.25, 0.3) is 21.8 Å². The van der Waals surface area contributed by atoms with Crippen molar-refractivity contribution < 1.29 is 22.7 Å². The number of halogens is 1. The molecular formula is C22H24ClN3O5S. The van der Waals surface area contributed by atoms with E-state index in [0.717, 1.165) is 12.8 Å². The number of para-hydroxylation sites is 1. The maximum absolute atomic E-state index is 13.0. The highest BCUT2D eigenvalue weighted by Gasteiger charge is 2.31. The fourth-order valence-corrected chi connectivity index (χ4v) is 5.20. The molecule has 10 heteroatoms. The van der Waals surface area contributed by atoms with E-state index in [1.54, 1.807) is 40.1 Å². The van der Waals surface area contributed by atoms with Crippen molar-refractivity contribution in [1.29, 1.82) is 0 Å². The average molecular weight is 478 g/mol. The van der Waals surface area contributed by atoms with E-state index in [0.29, 0.717) is 32.8 Å². The first-order valence-corrected chi connectivity index (χ1v) is 12.3. The molecule has 0 aromatic heterocycles. The van der Waals surface area contributed by atoms with E-state index in [4.69, 9.17) is 16.3 Å². The molecule has 2 heterocycles. The topological polar surface area (TPSA) is 96.0 Å². The van der Waals surface area contributed by atoms with Gasteiger partial charge in [0, 0.05) is 38.3 Å². The maximum atomic E-state index is 13.0. The number of rotatable bonds is 5. The number of ether oxygens (including phenoxy) is 1. The fourth-order valence-electron chi connectivity index (χ4n) is 3.83. The Morgan fingerprint density at radius 3 is 2.41 bits per heavy atom. The highest BCUT2D eigenvalue weighted by atomic mass is 35.5. The van der Waals surface area contributed by atoms with Gasteiger partial charge in [-0.3, -0.25) is 14.3 Å². The van der Waals surface area contributed by atoms with Crippen LogP contribution in [0.25, 0.3) is 0 Å². The van der Waals surface area contributed by atoms with Crippen LogP contribution in [-0.4, -0.2) is 68.9 Å². The monoisotopic (exact) mass is 477 g/mol. The summed E-state index contributed by atoms with van der Waals surface area (Å²) < 4.78 is 33.5. The molecular weight excluding hydrogens is 454 g/mol. The molecule has 0 bridgehead atoms. The number of amides is 2. The van der Waals surface area contributed by atoms with Gasteiger partial charge in [0.05, 0.1) is 15.6 Å². The lowest BCUT2D eigenvalue weighted by atomic mass is 10.1. The Morgan fingerprint density at radius 1 is 1.00 bits per heavy atom. The van der Waals surface area contributed by atoms with Gasteiger partial charge in [-0.05, 0) is 43.2 Å². The van der Waals surface area contributed by atoms with Gasteiger partial charge < -0.3 is 14.5 Å². The Bertz CT molecular complexity index is 1110. The molecule has 0 aliphatic carbocycles. The number of carbonyl (C=O) groups is 2. The van der Waals surface area contributed by atoms with Crippen LogP contribution in [0.5, 0.6) is 0 Å². The van der Waals surface area contributed by atoms with Crippen LogP contribution in [0.1, 0.15) is 23.2 Å². The quantitative estimate of drug-likeness (QED) is 0.714. The Kier molecular flexibility index (Phi) is 6.68. The van der Waals surface area contributed by atoms with Crippen LogP contribution in [-0.2, 0) is 19.6 Å². The minimum Gasteiger partial charge on any atom is -0.368 e. The second-order valence-electron chi connectivity index (χ2n) is 7.73. The standard InChI is InChI=1S/C22H24ClN3O5S/c23-18-7-1-2-8-19(18)24-32(29,30)17-6-3-5-16(15-17)21(27)25-10-12-26(13-11-25)22(28)20-9-4-14-31-20/h1-3,5-8,15,20,24H,4,9-14H2. The number of hydrogen-bond donors (Lipinski definition) is 1. The molecule has 0 saturated carbocycles. The highest BCUT2D eigenvalue weighted by Crippen LogP contribution is 2.24. The molecule has 0 radical (unpaired) electrons. The summed E-state index contributed by atoms with van der Waals surface area (Å²) in [5.74, 6) is -0.294.